The second kappa shape index (κ2) is 8.37. The topological polar surface area (TPSA) is 96.1 Å². The highest BCUT2D eigenvalue weighted by molar-refractivity contribution is 7.10. The predicted octanol–water partition coefficient (Wildman–Crippen LogP) is 2.97. The van der Waals surface area contributed by atoms with Crippen LogP contribution in [0.5, 0.6) is 0 Å². The Morgan fingerprint density at radius 1 is 1.25 bits per heavy atom. The van der Waals surface area contributed by atoms with Gasteiger partial charge in [0.2, 0.25) is 5.91 Å². The summed E-state index contributed by atoms with van der Waals surface area (Å²) in [6.45, 7) is 0.601. The van der Waals surface area contributed by atoms with Gasteiger partial charge in [0, 0.05) is 10.9 Å². The molecular formula is C20H20N4O3S. The highest BCUT2D eigenvalue weighted by atomic mass is 32.1. The van der Waals surface area contributed by atoms with Crippen LogP contribution in [0.4, 0.5) is 5.82 Å². The number of carbonyl (C=O) groups excluding carboxylic acids is 2. The van der Waals surface area contributed by atoms with Gasteiger partial charge in [0.25, 0.3) is 5.91 Å². The second-order valence-electron chi connectivity index (χ2n) is 6.49. The largest absolute Gasteiger partial charge is 0.372 e. The summed E-state index contributed by atoms with van der Waals surface area (Å²) in [5.74, 6) is -0.107. The van der Waals surface area contributed by atoms with Crippen LogP contribution in [0.1, 0.15) is 34.6 Å². The number of hydrogen-bond acceptors (Lipinski definition) is 5. The zero-order valence-corrected chi connectivity index (χ0v) is 15.9. The normalized spacial score (nSPS) is 16.8. The number of hydrogen-bond donors (Lipinski definition) is 3. The number of fused-ring (bicyclic) bond motifs is 1. The van der Waals surface area contributed by atoms with Crippen molar-refractivity contribution >= 4 is 29.0 Å². The molecule has 0 saturated heterocycles. The SMILES string of the molecule is O=C(C[C@H]1OCCc2ccsc21)N[C@@H](C(=O)Nc1ccn[nH]1)c1ccccc1. The Morgan fingerprint density at radius 3 is 2.89 bits per heavy atom. The predicted molar refractivity (Wildman–Crippen MR) is 106 cm³/mol. The Labute approximate surface area is 166 Å². The van der Waals surface area contributed by atoms with E-state index in [9.17, 15) is 9.59 Å². The van der Waals surface area contributed by atoms with Crippen molar-refractivity contribution in [1.82, 2.24) is 15.5 Å². The molecule has 1 aromatic carbocycles. The molecule has 0 unspecified atom stereocenters. The lowest BCUT2D eigenvalue weighted by Gasteiger charge is -2.24. The Balaban J connectivity index is 1.48. The zero-order chi connectivity index (χ0) is 19.3. The number of anilines is 1. The van der Waals surface area contributed by atoms with E-state index in [4.69, 9.17) is 4.74 Å². The van der Waals surface area contributed by atoms with Crippen LogP contribution in [0.15, 0.2) is 54.0 Å². The van der Waals surface area contributed by atoms with Crippen molar-refractivity contribution in [3.8, 4) is 0 Å². The molecule has 3 N–H and O–H groups in total. The first-order chi connectivity index (χ1) is 13.7. The van der Waals surface area contributed by atoms with E-state index in [-0.39, 0.29) is 24.3 Å². The first-order valence-corrected chi connectivity index (χ1v) is 9.91. The summed E-state index contributed by atoms with van der Waals surface area (Å²) in [7, 11) is 0. The molecule has 3 heterocycles. The highest BCUT2D eigenvalue weighted by Crippen LogP contribution is 2.34. The van der Waals surface area contributed by atoms with Crippen LogP contribution >= 0.6 is 11.3 Å². The van der Waals surface area contributed by atoms with E-state index in [1.807, 2.05) is 35.7 Å². The smallest absolute Gasteiger partial charge is 0.252 e. The number of nitrogens with zero attached hydrogens (tertiary/aromatic N) is 1. The monoisotopic (exact) mass is 396 g/mol. The van der Waals surface area contributed by atoms with E-state index in [0.717, 1.165) is 11.3 Å². The van der Waals surface area contributed by atoms with Crippen LogP contribution in [0.25, 0.3) is 0 Å². The van der Waals surface area contributed by atoms with Gasteiger partial charge in [0.05, 0.1) is 19.2 Å². The average molecular weight is 396 g/mol. The number of benzene rings is 1. The lowest BCUT2D eigenvalue weighted by atomic mass is 10.0. The molecule has 2 atom stereocenters. The molecule has 0 radical (unpaired) electrons. The molecule has 0 aliphatic carbocycles. The van der Waals surface area contributed by atoms with Crippen LogP contribution in [0.2, 0.25) is 0 Å². The van der Waals surface area contributed by atoms with Gasteiger partial charge in [-0.25, -0.2) is 0 Å². The van der Waals surface area contributed by atoms with Crippen molar-refractivity contribution in [3.63, 3.8) is 0 Å². The van der Waals surface area contributed by atoms with Gasteiger partial charge in [0.15, 0.2) is 0 Å². The Bertz CT molecular complexity index is 940. The molecular weight excluding hydrogens is 376 g/mol. The summed E-state index contributed by atoms with van der Waals surface area (Å²) in [6.07, 6.45) is 2.32. The van der Waals surface area contributed by atoms with Gasteiger partial charge >= 0.3 is 0 Å². The molecule has 1 aliphatic heterocycles. The lowest BCUT2D eigenvalue weighted by Crippen LogP contribution is -2.38. The van der Waals surface area contributed by atoms with Gasteiger partial charge in [-0.1, -0.05) is 30.3 Å². The third-order valence-electron chi connectivity index (χ3n) is 4.59. The Hall–Kier alpha value is -2.97. The molecule has 0 spiro atoms. The quantitative estimate of drug-likeness (QED) is 0.597. The number of carbonyl (C=O) groups is 2. The maximum Gasteiger partial charge on any atom is 0.252 e. The van der Waals surface area contributed by atoms with Gasteiger partial charge in [-0.3, -0.25) is 14.7 Å². The fraction of sp³-hybridized carbons (Fsp3) is 0.250. The summed E-state index contributed by atoms with van der Waals surface area (Å²) in [5, 5.41) is 14.1. The number of aromatic amines is 1. The Morgan fingerprint density at radius 2 is 2.11 bits per heavy atom. The summed E-state index contributed by atoms with van der Waals surface area (Å²) in [6, 6.07) is 12.1. The van der Waals surface area contributed by atoms with Crippen molar-refractivity contribution in [2.75, 3.05) is 11.9 Å². The third kappa shape index (κ3) is 4.13. The number of amides is 2. The number of H-pyrrole nitrogens is 1. The fourth-order valence-corrected chi connectivity index (χ4v) is 4.24. The fourth-order valence-electron chi connectivity index (χ4n) is 3.24. The van der Waals surface area contributed by atoms with Crippen LogP contribution in [-0.4, -0.2) is 28.6 Å². The summed E-state index contributed by atoms with van der Waals surface area (Å²) >= 11 is 1.60. The molecule has 8 heteroatoms. The minimum atomic E-state index is -0.816. The lowest BCUT2D eigenvalue weighted by molar-refractivity contribution is -0.129. The van der Waals surface area contributed by atoms with Gasteiger partial charge < -0.3 is 15.4 Å². The minimum Gasteiger partial charge on any atom is -0.372 e. The number of rotatable bonds is 6. The molecule has 0 fully saturated rings. The minimum absolute atomic E-state index is 0.175. The van der Waals surface area contributed by atoms with Crippen molar-refractivity contribution in [1.29, 1.82) is 0 Å². The standard InChI is InChI=1S/C20H20N4O3S/c25-17(12-15-19-14(7-10-27-15)8-11-28-19)23-18(13-4-2-1-3-5-13)20(26)22-16-6-9-21-24-16/h1-6,8-9,11,15,18H,7,10,12H2,(H,23,25)(H2,21,22,24,26)/t15-,18-/m1/s1. The van der Waals surface area contributed by atoms with E-state index >= 15 is 0 Å². The van der Waals surface area contributed by atoms with Gasteiger partial charge in [-0.2, -0.15) is 5.10 Å². The van der Waals surface area contributed by atoms with Crippen molar-refractivity contribution < 1.29 is 14.3 Å². The molecule has 3 aromatic rings. The number of ether oxygens (including phenoxy) is 1. The van der Waals surface area contributed by atoms with E-state index < -0.39 is 6.04 Å². The van der Waals surface area contributed by atoms with Gasteiger partial charge in [0.1, 0.15) is 18.0 Å². The first-order valence-electron chi connectivity index (χ1n) is 9.03. The highest BCUT2D eigenvalue weighted by Gasteiger charge is 2.28. The van der Waals surface area contributed by atoms with E-state index in [1.54, 1.807) is 23.6 Å². The van der Waals surface area contributed by atoms with Crippen LogP contribution in [0.3, 0.4) is 0 Å². The molecule has 4 rings (SSSR count). The number of nitrogens with one attached hydrogen (secondary N) is 3. The summed E-state index contributed by atoms with van der Waals surface area (Å²) in [5.41, 5.74) is 1.94. The zero-order valence-electron chi connectivity index (χ0n) is 15.1. The average Bonchev–Trinajstić information content (AvgIpc) is 3.39. The van der Waals surface area contributed by atoms with E-state index in [1.165, 1.54) is 5.56 Å². The van der Waals surface area contributed by atoms with Crippen molar-refractivity contribution in [2.45, 2.75) is 25.0 Å². The van der Waals surface area contributed by atoms with E-state index in [2.05, 4.69) is 26.9 Å². The maximum absolute atomic E-state index is 12.8. The molecule has 28 heavy (non-hydrogen) atoms. The van der Waals surface area contributed by atoms with Crippen LogP contribution < -0.4 is 10.6 Å². The number of aromatic nitrogens is 2. The Kier molecular flexibility index (Phi) is 5.50. The van der Waals surface area contributed by atoms with Gasteiger partial charge in [-0.05, 0) is 29.0 Å². The first kappa shape index (κ1) is 18.4. The maximum atomic E-state index is 12.8. The van der Waals surface area contributed by atoms with Crippen molar-refractivity contribution in [2.24, 2.45) is 0 Å². The molecule has 2 amide bonds. The van der Waals surface area contributed by atoms with Gasteiger partial charge in [-0.15, -0.1) is 11.3 Å². The molecule has 144 valence electrons. The van der Waals surface area contributed by atoms with Crippen LogP contribution in [0, 0.1) is 0 Å². The molecule has 0 bridgehead atoms. The molecule has 7 nitrogen and oxygen atoms in total. The molecule has 2 aromatic heterocycles. The molecule has 1 aliphatic rings. The summed E-state index contributed by atoms with van der Waals surface area (Å²) < 4.78 is 5.80. The van der Waals surface area contributed by atoms with Crippen molar-refractivity contribution in [3.05, 3.63) is 70.0 Å². The van der Waals surface area contributed by atoms with E-state index in [0.29, 0.717) is 18.0 Å². The second-order valence-corrected chi connectivity index (χ2v) is 7.44. The third-order valence-corrected chi connectivity index (χ3v) is 5.64. The molecule has 0 saturated carbocycles. The van der Waals surface area contributed by atoms with Crippen LogP contribution in [-0.2, 0) is 20.7 Å². The number of thiophene rings is 1. The summed E-state index contributed by atoms with van der Waals surface area (Å²) in [4.78, 5) is 26.6.